The predicted molar refractivity (Wildman–Crippen MR) is 77.5 cm³/mol. The SMILES string of the molecule is O=C(O)c1ccc(NCC2CC3CCC2C3)c([N+](=O)[O-])c1. The van der Waals surface area contributed by atoms with Crippen LogP contribution in [-0.4, -0.2) is 22.5 Å². The summed E-state index contributed by atoms with van der Waals surface area (Å²) in [6.45, 7) is 0.731. The quantitative estimate of drug-likeness (QED) is 0.642. The molecule has 2 aliphatic carbocycles. The highest BCUT2D eigenvalue weighted by molar-refractivity contribution is 5.89. The largest absolute Gasteiger partial charge is 0.478 e. The van der Waals surface area contributed by atoms with Crippen LogP contribution in [0.5, 0.6) is 0 Å². The molecule has 0 saturated heterocycles. The molecule has 2 fully saturated rings. The molecule has 3 rings (SSSR count). The summed E-state index contributed by atoms with van der Waals surface area (Å²) in [7, 11) is 0. The lowest BCUT2D eigenvalue weighted by molar-refractivity contribution is -0.384. The maximum absolute atomic E-state index is 11.1. The Kier molecular flexibility index (Phi) is 3.53. The number of anilines is 1. The summed E-state index contributed by atoms with van der Waals surface area (Å²) < 4.78 is 0. The smallest absolute Gasteiger partial charge is 0.335 e. The second kappa shape index (κ2) is 5.35. The number of nitrogens with one attached hydrogen (secondary N) is 1. The Morgan fingerprint density at radius 3 is 2.76 bits per heavy atom. The normalized spacial score (nSPS) is 26.8. The highest BCUT2D eigenvalue weighted by Crippen LogP contribution is 2.48. The van der Waals surface area contributed by atoms with E-state index < -0.39 is 10.9 Å². The van der Waals surface area contributed by atoms with Crippen LogP contribution in [0.25, 0.3) is 0 Å². The molecule has 2 aliphatic rings. The number of hydrogen-bond acceptors (Lipinski definition) is 4. The Balaban J connectivity index is 1.72. The van der Waals surface area contributed by atoms with Gasteiger partial charge in [0.05, 0.1) is 10.5 Å². The van der Waals surface area contributed by atoms with Gasteiger partial charge in [-0.25, -0.2) is 4.79 Å². The summed E-state index contributed by atoms with van der Waals surface area (Å²) in [4.78, 5) is 21.5. The molecule has 0 aromatic heterocycles. The molecule has 3 atom stereocenters. The molecule has 0 amide bonds. The lowest BCUT2D eigenvalue weighted by Gasteiger charge is -2.22. The van der Waals surface area contributed by atoms with E-state index in [0.29, 0.717) is 11.6 Å². The van der Waals surface area contributed by atoms with Crippen LogP contribution in [0.15, 0.2) is 18.2 Å². The van der Waals surface area contributed by atoms with Crippen LogP contribution < -0.4 is 5.32 Å². The molecule has 112 valence electrons. The Bertz CT molecular complexity index is 587. The van der Waals surface area contributed by atoms with Crippen LogP contribution in [0.1, 0.15) is 36.0 Å². The average Bonchev–Trinajstić information content (AvgIpc) is 3.07. The molecule has 2 saturated carbocycles. The number of rotatable bonds is 5. The van der Waals surface area contributed by atoms with Crippen molar-refractivity contribution in [3.63, 3.8) is 0 Å². The van der Waals surface area contributed by atoms with Gasteiger partial charge in [0, 0.05) is 12.6 Å². The number of carboxylic acids is 1. The Labute approximate surface area is 122 Å². The predicted octanol–water partition coefficient (Wildman–Crippen LogP) is 3.14. The van der Waals surface area contributed by atoms with Crippen LogP contribution in [0, 0.1) is 27.9 Å². The number of nitrogens with zero attached hydrogens (tertiary/aromatic N) is 1. The molecule has 21 heavy (non-hydrogen) atoms. The minimum Gasteiger partial charge on any atom is -0.478 e. The summed E-state index contributed by atoms with van der Waals surface area (Å²) in [5.41, 5.74) is 0.179. The third kappa shape index (κ3) is 2.70. The van der Waals surface area contributed by atoms with Gasteiger partial charge in [-0.3, -0.25) is 10.1 Å². The molecule has 0 radical (unpaired) electrons. The van der Waals surface area contributed by atoms with Gasteiger partial charge in [0.2, 0.25) is 0 Å². The van der Waals surface area contributed by atoms with Gasteiger partial charge in [-0.05, 0) is 49.1 Å². The highest BCUT2D eigenvalue weighted by Gasteiger charge is 2.39. The van der Waals surface area contributed by atoms with E-state index in [-0.39, 0.29) is 11.3 Å². The molecule has 2 N–H and O–H groups in total. The number of carbonyl (C=O) groups is 1. The van der Waals surface area contributed by atoms with Crippen LogP contribution in [-0.2, 0) is 0 Å². The van der Waals surface area contributed by atoms with Crippen molar-refractivity contribution < 1.29 is 14.8 Å². The van der Waals surface area contributed by atoms with Gasteiger partial charge in [-0.15, -0.1) is 0 Å². The first-order chi connectivity index (χ1) is 10.0. The number of nitro groups is 1. The zero-order valence-electron chi connectivity index (χ0n) is 11.6. The zero-order valence-corrected chi connectivity index (χ0v) is 11.6. The number of nitro benzene ring substituents is 1. The lowest BCUT2D eigenvalue weighted by atomic mass is 9.89. The fourth-order valence-corrected chi connectivity index (χ4v) is 3.83. The second-order valence-corrected chi connectivity index (χ2v) is 6.11. The van der Waals surface area contributed by atoms with Crippen molar-refractivity contribution >= 4 is 17.3 Å². The van der Waals surface area contributed by atoms with Gasteiger partial charge in [0.25, 0.3) is 5.69 Å². The van der Waals surface area contributed by atoms with Crippen molar-refractivity contribution in [1.29, 1.82) is 0 Å². The van der Waals surface area contributed by atoms with Gasteiger partial charge in [-0.2, -0.15) is 0 Å². The molecule has 3 unspecified atom stereocenters. The summed E-state index contributed by atoms with van der Waals surface area (Å²) in [5, 5.41) is 23.2. The van der Waals surface area contributed by atoms with Crippen LogP contribution in [0.3, 0.4) is 0 Å². The van der Waals surface area contributed by atoms with E-state index in [1.807, 2.05) is 0 Å². The van der Waals surface area contributed by atoms with E-state index in [1.54, 1.807) is 0 Å². The molecule has 1 aromatic carbocycles. The summed E-state index contributed by atoms with van der Waals surface area (Å²) in [5.74, 6) is 1.02. The van der Waals surface area contributed by atoms with Crippen molar-refractivity contribution in [2.75, 3.05) is 11.9 Å². The second-order valence-electron chi connectivity index (χ2n) is 6.11. The zero-order chi connectivity index (χ0) is 15.0. The van der Waals surface area contributed by atoms with E-state index in [2.05, 4.69) is 5.32 Å². The first-order valence-electron chi connectivity index (χ1n) is 7.30. The van der Waals surface area contributed by atoms with E-state index in [1.165, 1.54) is 37.8 Å². The van der Waals surface area contributed by atoms with Crippen LogP contribution >= 0.6 is 0 Å². The maximum Gasteiger partial charge on any atom is 0.335 e. The topological polar surface area (TPSA) is 92.5 Å². The van der Waals surface area contributed by atoms with E-state index >= 15 is 0 Å². The molecule has 6 heteroatoms. The molecule has 0 heterocycles. The summed E-state index contributed by atoms with van der Waals surface area (Å²) >= 11 is 0. The van der Waals surface area contributed by atoms with Crippen molar-refractivity contribution in [3.8, 4) is 0 Å². The van der Waals surface area contributed by atoms with Crippen molar-refractivity contribution in [2.45, 2.75) is 25.7 Å². The number of hydrogen-bond donors (Lipinski definition) is 2. The maximum atomic E-state index is 11.1. The number of fused-ring (bicyclic) bond motifs is 2. The van der Waals surface area contributed by atoms with E-state index in [4.69, 9.17) is 5.11 Å². The minimum absolute atomic E-state index is 0.0628. The van der Waals surface area contributed by atoms with Gasteiger partial charge in [-0.1, -0.05) is 6.42 Å². The fraction of sp³-hybridized carbons (Fsp3) is 0.533. The van der Waals surface area contributed by atoms with Crippen molar-refractivity contribution in [3.05, 3.63) is 33.9 Å². The number of carboxylic acid groups (broad SMARTS) is 1. The lowest BCUT2D eigenvalue weighted by Crippen LogP contribution is -2.20. The van der Waals surface area contributed by atoms with Gasteiger partial charge in [0.15, 0.2) is 0 Å². The first-order valence-corrected chi connectivity index (χ1v) is 7.30. The summed E-state index contributed by atoms with van der Waals surface area (Å²) in [6, 6.07) is 4.01. The van der Waals surface area contributed by atoms with Gasteiger partial charge in [0.1, 0.15) is 5.69 Å². The highest BCUT2D eigenvalue weighted by atomic mass is 16.6. The molecule has 6 nitrogen and oxygen atoms in total. The van der Waals surface area contributed by atoms with E-state index in [0.717, 1.165) is 24.4 Å². The Hall–Kier alpha value is -2.11. The minimum atomic E-state index is -1.15. The summed E-state index contributed by atoms with van der Waals surface area (Å²) in [6.07, 6.45) is 5.11. The van der Waals surface area contributed by atoms with E-state index in [9.17, 15) is 14.9 Å². The molecular weight excluding hydrogens is 272 g/mol. The van der Waals surface area contributed by atoms with Crippen molar-refractivity contribution in [1.82, 2.24) is 0 Å². The monoisotopic (exact) mass is 290 g/mol. The molecule has 0 spiro atoms. The van der Waals surface area contributed by atoms with Crippen LogP contribution in [0.2, 0.25) is 0 Å². The third-order valence-corrected chi connectivity index (χ3v) is 4.88. The fourth-order valence-electron chi connectivity index (χ4n) is 3.83. The molecule has 2 bridgehead atoms. The van der Waals surface area contributed by atoms with Gasteiger partial charge >= 0.3 is 5.97 Å². The number of aromatic carboxylic acids is 1. The Morgan fingerprint density at radius 2 is 2.19 bits per heavy atom. The molecular formula is C15H18N2O4. The molecule has 1 aromatic rings. The van der Waals surface area contributed by atoms with Crippen LogP contribution in [0.4, 0.5) is 11.4 Å². The standard InChI is InChI=1S/C15H18N2O4/c18-15(19)11-3-4-13(14(7-11)17(20)21)16-8-12-6-9-1-2-10(12)5-9/h3-4,7,9-10,12,16H,1-2,5-6,8H2,(H,18,19). The Morgan fingerprint density at radius 1 is 1.38 bits per heavy atom. The number of benzene rings is 1. The average molecular weight is 290 g/mol. The van der Waals surface area contributed by atoms with Crippen molar-refractivity contribution in [2.24, 2.45) is 17.8 Å². The molecule has 0 aliphatic heterocycles. The third-order valence-electron chi connectivity index (χ3n) is 4.88. The first kappa shape index (κ1) is 13.9. The van der Waals surface area contributed by atoms with Gasteiger partial charge < -0.3 is 10.4 Å².